The summed E-state index contributed by atoms with van der Waals surface area (Å²) in [4.78, 5) is 16.1. The van der Waals surface area contributed by atoms with Gasteiger partial charge in [0, 0.05) is 35.1 Å². The van der Waals surface area contributed by atoms with E-state index in [1.807, 2.05) is 0 Å². The van der Waals surface area contributed by atoms with Gasteiger partial charge in [0.25, 0.3) is 5.91 Å². The van der Waals surface area contributed by atoms with Crippen LogP contribution in [0.2, 0.25) is 0 Å². The van der Waals surface area contributed by atoms with Gasteiger partial charge in [-0.3, -0.25) is 4.79 Å². The summed E-state index contributed by atoms with van der Waals surface area (Å²) in [5.41, 5.74) is 0. The summed E-state index contributed by atoms with van der Waals surface area (Å²) < 4.78 is 2.47. The van der Waals surface area contributed by atoms with E-state index in [1.54, 1.807) is 22.7 Å². The number of carbonyl (C=O) groups excluding carboxylic acids is 1. The molecule has 4 bridgehead atoms. The molecule has 4 fully saturated rings. The van der Waals surface area contributed by atoms with Crippen molar-refractivity contribution in [2.45, 2.75) is 18.9 Å². The molecule has 1 amide bonds. The molecule has 3 nitrogen and oxygen atoms in total. The second-order valence-corrected chi connectivity index (χ2v) is 8.87. The minimum atomic E-state index is 0. The molecule has 2 unspecified atom stereocenters. The molecular formula is C16H19ClN2OS2. The van der Waals surface area contributed by atoms with Gasteiger partial charge >= 0.3 is 0 Å². The summed E-state index contributed by atoms with van der Waals surface area (Å²) >= 11 is 3.34. The summed E-state index contributed by atoms with van der Waals surface area (Å²) in [6, 6.07) is 4.57. The zero-order chi connectivity index (χ0) is 14.0. The number of amides is 1. The molecule has 1 aliphatic carbocycles. The first-order valence-electron chi connectivity index (χ1n) is 7.76. The number of hydrogen-bond donors (Lipinski definition) is 1. The fourth-order valence-electron chi connectivity index (χ4n) is 4.74. The standard InChI is InChI=1S/C16H18N2OS2.ClH/c19-16(14-5-13-12(21-14)1-2-20-13)17-15-10-3-9-4-11(15)8-18(6-9)7-10;/h1-2,5,9-11,15H,3-4,6-8H2,(H,17,19);1H. The Kier molecular flexibility index (Phi) is 3.72. The summed E-state index contributed by atoms with van der Waals surface area (Å²) in [5, 5.41) is 5.47. The topological polar surface area (TPSA) is 32.3 Å². The number of halogens is 1. The molecule has 6 heteroatoms. The van der Waals surface area contributed by atoms with Crippen molar-refractivity contribution in [3.05, 3.63) is 22.4 Å². The predicted octanol–water partition coefficient (Wildman–Crippen LogP) is 3.45. The monoisotopic (exact) mass is 354 g/mol. The van der Waals surface area contributed by atoms with Gasteiger partial charge in [0.1, 0.15) is 0 Å². The number of nitrogens with zero attached hydrogens (tertiary/aromatic N) is 1. The summed E-state index contributed by atoms with van der Waals surface area (Å²) in [5.74, 6) is 2.40. The van der Waals surface area contributed by atoms with Crippen LogP contribution in [-0.2, 0) is 0 Å². The molecule has 2 aromatic rings. The third-order valence-corrected chi connectivity index (χ3v) is 7.54. The first-order chi connectivity index (χ1) is 10.3. The van der Waals surface area contributed by atoms with Crippen molar-refractivity contribution < 1.29 is 4.79 Å². The van der Waals surface area contributed by atoms with Crippen LogP contribution in [0.3, 0.4) is 0 Å². The van der Waals surface area contributed by atoms with E-state index in [4.69, 9.17) is 0 Å². The third kappa shape index (κ3) is 2.30. The SMILES string of the molecule is Cl.O=C(NC1C2CC3CC1CN(C3)C2)c1cc2sccc2s1. The maximum absolute atomic E-state index is 12.6. The van der Waals surface area contributed by atoms with Crippen LogP contribution >= 0.6 is 35.1 Å². The van der Waals surface area contributed by atoms with Crippen molar-refractivity contribution >= 4 is 50.4 Å². The molecule has 1 saturated carbocycles. The van der Waals surface area contributed by atoms with Crippen LogP contribution in [0.4, 0.5) is 0 Å². The molecule has 22 heavy (non-hydrogen) atoms. The lowest BCUT2D eigenvalue weighted by Crippen LogP contribution is -2.64. The maximum Gasteiger partial charge on any atom is 0.261 e. The minimum absolute atomic E-state index is 0. The van der Waals surface area contributed by atoms with E-state index in [2.05, 4.69) is 27.7 Å². The summed E-state index contributed by atoms with van der Waals surface area (Å²) in [6.45, 7) is 3.68. The second kappa shape index (κ2) is 5.48. The molecule has 118 valence electrons. The minimum Gasteiger partial charge on any atom is -0.348 e. The van der Waals surface area contributed by atoms with Crippen LogP contribution < -0.4 is 5.32 Å². The Morgan fingerprint density at radius 3 is 2.64 bits per heavy atom. The highest BCUT2D eigenvalue weighted by Gasteiger charge is 2.47. The Bertz CT molecular complexity index is 653. The molecule has 1 N–H and O–H groups in total. The lowest BCUT2D eigenvalue weighted by molar-refractivity contribution is -0.0418. The molecule has 0 radical (unpaired) electrons. The molecule has 3 saturated heterocycles. The molecule has 2 atom stereocenters. The van der Waals surface area contributed by atoms with Gasteiger partial charge in [-0.25, -0.2) is 0 Å². The normalized spacial score (nSPS) is 35.5. The van der Waals surface area contributed by atoms with Gasteiger partial charge in [0.05, 0.1) is 4.88 Å². The van der Waals surface area contributed by atoms with Gasteiger partial charge in [0.15, 0.2) is 0 Å². The zero-order valence-corrected chi connectivity index (χ0v) is 14.6. The number of fused-ring (bicyclic) bond motifs is 1. The molecule has 5 heterocycles. The van der Waals surface area contributed by atoms with Gasteiger partial charge in [-0.05, 0) is 48.1 Å². The van der Waals surface area contributed by atoms with Gasteiger partial charge in [0.2, 0.25) is 0 Å². The molecule has 4 aliphatic rings. The van der Waals surface area contributed by atoms with Crippen LogP contribution in [0, 0.1) is 17.8 Å². The van der Waals surface area contributed by atoms with Gasteiger partial charge in [-0.2, -0.15) is 0 Å². The Hall–Kier alpha value is -0.620. The lowest BCUT2D eigenvalue weighted by Gasteiger charge is -2.55. The van der Waals surface area contributed by atoms with Crippen LogP contribution in [0.15, 0.2) is 17.5 Å². The van der Waals surface area contributed by atoms with Crippen LogP contribution in [0.5, 0.6) is 0 Å². The van der Waals surface area contributed by atoms with Crippen LogP contribution in [-0.4, -0.2) is 36.5 Å². The fraction of sp³-hybridized carbons (Fsp3) is 0.562. The van der Waals surface area contributed by atoms with Gasteiger partial charge in [-0.15, -0.1) is 35.1 Å². The Morgan fingerprint density at radius 2 is 1.95 bits per heavy atom. The van der Waals surface area contributed by atoms with Crippen molar-refractivity contribution in [1.29, 1.82) is 0 Å². The Balaban J connectivity index is 0.00000125. The van der Waals surface area contributed by atoms with Crippen LogP contribution in [0.25, 0.3) is 9.40 Å². The summed E-state index contributed by atoms with van der Waals surface area (Å²) in [6.07, 6.45) is 2.63. The van der Waals surface area contributed by atoms with Crippen molar-refractivity contribution in [2.75, 3.05) is 19.6 Å². The molecule has 0 spiro atoms. The number of carbonyl (C=O) groups is 1. The zero-order valence-electron chi connectivity index (χ0n) is 12.2. The molecule has 6 rings (SSSR count). The average molecular weight is 355 g/mol. The first kappa shape index (κ1) is 14.9. The van der Waals surface area contributed by atoms with E-state index in [0.29, 0.717) is 17.9 Å². The van der Waals surface area contributed by atoms with E-state index < -0.39 is 0 Å². The average Bonchev–Trinajstić information content (AvgIpc) is 3.02. The van der Waals surface area contributed by atoms with E-state index in [9.17, 15) is 4.79 Å². The van der Waals surface area contributed by atoms with Crippen LogP contribution in [0.1, 0.15) is 22.5 Å². The smallest absolute Gasteiger partial charge is 0.261 e. The van der Waals surface area contributed by atoms with E-state index in [-0.39, 0.29) is 18.3 Å². The van der Waals surface area contributed by atoms with Crippen molar-refractivity contribution in [2.24, 2.45) is 17.8 Å². The maximum atomic E-state index is 12.6. The lowest BCUT2D eigenvalue weighted by atomic mass is 9.65. The highest BCUT2D eigenvalue weighted by Crippen LogP contribution is 2.43. The first-order valence-corrected chi connectivity index (χ1v) is 9.46. The van der Waals surface area contributed by atoms with E-state index in [1.165, 1.54) is 41.9 Å². The number of rotatable bonds is 2. The molecular weight excluding hydrogens is 336 g/mol. The number of nitrogens with one attached hydrogen (secondary N) is 1. The van der Waals surface area contributed by atoms with Crippen molar-refractivity contribution in [3.8, 4) is 0 Å². The van der Waals surface area contributed by atoms with Crippen molar-refractivity contribution in [3.63, 3.8) is 0 Å². The number of thiophene rings is 2. The van der Waals surface area contributed by atoms with E-state index in [0.717, 1.165) is 10.8 Å². The number of piperidine rings is 3. The molecule has 2 aromatic heterocycles. The highest BCUT2D eigenvalue weighted by molar-refractivity contribution is 7.27. The largest absolute Gasteiger partial charge is 0.348 e. The number of hydrogen-bond acceptors (Lipinski definition) is 4. The van der Waals surface area contributed by atoms with Gasteiger partial charge in [-0.1, -0.05) is 0 Å². The van der Waals surface area contributed by atoms with Crippen molar-refractivity contribution in [1.82, 2.24) is 10.2 Å². The van der Waals surface area contributed by atoms with E-state index >= 15 is 0 Å². The second-order valence-electron chi connectivity index (χ2n) is 6.84. The Morgan fingerprint density at radius 1 is 1.18 bits per heavy atom. The Labute approximate surface area is 144 Å². The molecule has 0 aromatic carbocycles. The summed E-state index contributed by atoms with van der Waals surface area (Å²) in [7, 11) is 0. The third-order valence-electron chi connectivity index (χ3n) is 5.45. The predicted molar refractivity (Wildman–Crippen MR) is 94.3 cm³/mol. The quantitative estimate of drug-likeness (QED) is 0.895. The fourth-order valence-corrected chi connectivity index (χ4v) is 6.76. The van der Waals surface area contributed by atoms with Gasteiger partial charge < -0.3 is 10.2 Å². The molecule has 3 aliphatic heterocycles. The highest BCUT2D eigenvalue weighted by atomic mass is 35.5.